The Morgan fingerprint density at radius 2 is 1.29 bits per heavy atom. The van der Waals surface area contributed by atoms with Crippen LogP contribution in [0, 0.1) is 17.1 Å². The highest BCUT2D eigenvalue weighted by atomic mass is 19.1. The van der Waals surface area contributed by atoms with Crippen molar-refractivity contribution in [2.45, 2.75) is 32.0 Å². The van der Waals surface area contributed by atoms with Gasteiger partial charge in [0.2, 0.25) is 0 Å². The SMILES string of the molecule is CC(=O)OCc1cc(C#N)ccc1C(O)(CCCN(C)C)c1ccc(F)cc1.O=C(O)CN(CCN(CC(=O)O)CC(=O)O)CC(=O)O. The molecule has 15 nitrogen and oxygen atoms in total. The van der Waals surface area contributed by atoms with Crippen LogP contribution in [0.1, 0.15) is 42.0 Å². The minimum absolute atomic E-state index is 0.0582. The molecule has 0 radical (unpaired) electrons. The lowest BCUT2D eigenvalue weighted by molar-refractivity contribution is -0.145. The smallest absolute Gasteiger partial charge is 0.317 e. The summed E-state index contributed by atoms with van der Waals surface area (Å²) in [6, 6.07) is 12.7. The Labute approximate surface area is 277 Å². The minimum atomic E-state index is -1.41. The molecule has 0 aromatic heterocycles. The lowest BCUT2D eigenvalue weighted by Gasteiger charge is -2.32. The van der Waals surface area contributed by atoms with E-state index in [1.165, 1.54) is 19.1 Å². The standard InChI is InChI=1S/C22H25FN2O3.C10H16N2O8/c1-16(26)28-15-18-13-17(14-24)5-10-21(18)22(27,11-4-12-25(2)3)19-6-8-20(23)9-7-19;13-7(14)3-11(4-8(15)16)1-2-12(5-9(17)18)6-10(19)20/h5-10,13,27H,4,11-12,15H2,1-3H3;1-6H2,(H,13,14)(H,15,16)(H,17,18)(H,19,20). The minimum Gasteiger partial charge on any atom is -0.480 e. The van der Waals surface area contributed by atoms with E-state index < -0.39 is 61.6 Å². The van der Waals surface area contributed by atoms with Crippen molar-refractivity contribution >= 4 is 29.8 Å². The van der Waals surface area contributed by atoms with E-state index in [-0.39, 0.29) is 25.5 Å². The van der Waals surface area contributed by atoms with Crippen molar-refractivity contribution in [3.8, 4) is 6.07 Å². The maximum atomic E-state index is 13.4. The number of esters is 1. The zero-order chi connectivity index (χ0) is 36.4. The molecule has 0 saturated carbocycles. The molecule has 5 N–H and O–H groups in total. The quantitative estimate of drug-likeness (QED) is 0.132. The summed E-state index contributed by atoms with van der Waals surface area (Å²) in [6.07, 6.45) is 1.07. The van der Waals surface area contributed by atoms with Crippen LogP contribution in [0.3, 0.4) is 0 Å². The summed E-state index contributed by atoms with van der Waals surface area (Å²) >= 11 is 0. The van der Waals surface area contributed by atoms with Crippen molar-refractivity contribution in [1.82, 2.24) is 14.7 Å². The molecule has 0 heterocycles. The van der Waals surface area contributed by atoms with Crippen LogP contribution in [0.4, 0.5) is 4.39 Å². The highest BCUT2D eigenvalue weighted by Crippen LogP contribution is 2.37. The van der Waals surface area contributed by atoms with Crippen LogP contribution in [-0.4, -0.2) is 130 Å². The number of carbonyl (C=O) groups is 5. The molecule has 2 aromatic carbocycles. The van der Waals surface area contributed by atoms with Crippen molar-refractivity contribution in [3.63, 3.8) is 0 Å². The number of nitrogens with zero attached hydrogens (tertiary/aromatic N) is 4. The van der Waals surface area contributed by atoms with Gasteiger partial charge in [0.15, 0.2) is 0 Å². The number of aliphatic carboxylic acids is 4. The van der Waals surface area contributed by atoms with Crippen LogP contribution in [-0.2, 0) is 40.9 Å². The number of halogens is 1. The summed E-state index contributed by atoms with van der Waals surface area (Å²) in [5, 5.41) is 55.4. The first-order chi connectivity index (χ1) is 22.5. The maximum Gasteiger partial charge on any atom is 0.317 e. The highest BCUT2D eigenvalue weighted by molar-refractivity contribution is 5.73. The van der Waals surface area contributed by atoms with Crippen molar-refractivity contribution in [1.29, 1.82) is 5.26 Å². The van der Waals surface area contributed by atoms with Gasteiger partial charge in [0.1, 0.15) is 18.0 Å². The van der Waals surface area contributed by atoms with Gasteiger partial charge in [-0.2, -0.15) is 5.26 Å². The van der Waals surface area contributed by atoms with E-state index in [9.17, 15) is 38.7 Å². The number of ether oxygens (including phenoxy) is 1. The van der Waals surface area contributed by atoms with E-state index in [4.69, 9.17) is 25.2 Å². The molecule has 0 aliphatic heterocycles. The second-order valence-electron chi connectivity index (χ2n) is 11.0. The fourth-order valence-corrected chi connectivity index (χ4v) is 4.65. The molecule has 262 valence electrons. The van der Waals surface area contributed by atoms with Gasteiger partial charge in [-0.1, -0.05) is 18.2 Å². The van der Waals surface area contributed by atoms with E-state index in [0.717, 1.165) is 16.3 Å². The molecule has 1 unspecified atom stereocenters. The average Bonchev–Trinajstić information content (AvgIpc) is 2.97. The maximum absolute atomic E-state index is 13.4. The number of carbonyl (C=O) groups excluding carboxylic acids is 1. The number of nitriles is 1. The number of rotatable bonds is 19. The van der Waals surface area contributed by atoms with E-state index in [0.29, 0.717) is 35.1 Å². The molecule has 0 aliphatic carbocycles. The van der Waals surface area contributed by atoms with Gasteiger partial charge in [0.05, 0.1) is 37.8 Å². The van der Waals surface area contributed by atoms with Gasteiger partial charge in [-0.25, -0.2) is 4.39 Å². The number of hydrogen-bond acceptors (Lipinski definition) is 11. The normalized spacial score (nSPS) is 12.1. The Kier molecular flexibility index (Phi) is 17.4. The predicted molar refractivity (Wildman–Crippen MR) is 167 cm³/mol. The number of hydrogen-bond donors (Lipinski definition) is 5. The molecule has 0 aliphatic rings. The van der Waals surface area contributed by atoms with Gasteiger partial charge in [0, 0.05) is 20.0 Å². The third-order valence-corrected chi connectivity index (χ3v) is 6.74. The Hall–Kier alpha value is -4.95. The molecular weight excluding hydrogens is 635 g/mol. The average molecular weight is 677 g/mol. The molecular formula is C32H41FN4O11. The summed E-state index contributed by atoms with van der Waals surface area (Å²) < 4.78 is 18.6. The first-order valence-electron chi connectivity index (χ1n) is 14.6. The summed E-state index contributed by atoms with van der Waals surface area (Å²) in [4.78, 5) is 57.7. The molecule has 0 amide bonds. The summed E-state index contributed by atoms with van der Waals surface area (Å²) in [5.41, 5.74) is 0.624. The number of carboxylic acids is 4. The van der Waals surface area contributed by atoms with E-state index in [2.05, 4.69) is 6.07 Å². The fraction of sp³-hybridized carbons (Fsp3) is 0.438. The van der Waals surface area contributed by atoms with Gasteiger partial charge in [-0.3, -0.25) is 33.8 Å². The second-order valence-corrected chi connectivity index (χ2v) is 11.0. The van der Waals surface area contributed by atoms with Gasteiger partial charge >= 0.3 is 29.8 Å². The van der Waals surface area contributed by atoms with Gasteiger partial charge < -0.3 is 35.2 Å². The largest absolute Gasteiger partial charge is 0.480 e. The Morgan fingerprint density at radius 1 is 0.812 bits per heavy atom. The summed E-state index contributed by atoms with van der Waals surface area (Å²) in [7, 11) is 3.90. The van der Waals surface area contributed by atoms with Crippen molar-refractivity contribution in [2.75, 3.05) is 59.9 Å². The van der Waals surface area contributed by atoms with Crippen molar-refractivity contribution in [3.05, 3.63) is 70.5 Å². The van der Waals surface area contributed by atoms with Crippen LogP contribution in [0.15, 0.2) is 42.5 Å². The van der Waals surface area contributed by atoms with Crippen LogP contribution in [0.5, 0.6) is 0 Å². The van der Waals surface area contributed by atoms with Crippen molar-refractivity contribution in [2.24, 2.45) is 0 Å². The van der Waals surface area contributed by atoms with Crippen LogP contribution < -0.4 is 0 Å². The zero-order valence-electron chi connectivity index (χ0n) is 27.0. The molecule has 0 spiro atoms. The predicted octanol–water partition coefficient (Wildman–Crippen LogP) is 1.27. The van der Waals surface area contributed by atoms with Crippen LogP contribution >= 0.6 is 0 Å². The number of benzene rings is 2. The summed E-state index contributed by atoms with van der Waals surface area (Å²) in [5.74, 6) is -5.75. The first kappa shape index (κ1) is 41.1. The molecule has 0 bridgehead atoms. The Morgan fingerprint density at radius 3 is 1.69 bits per heavy atom. The van der Waals surface area contributed by atoms with Crippen molar-refractivity contribution < 1.29 is 58.6 Å². The highest BCUT2D eigenvalue weighted by Gasteiger charge is 2.34. The molecule has 48 heavy (non-hydrogen) atoms. The molecule has 0 fully saturated rings. The fourth-order valence-electron chi connectivity index (χ4n) is 4.65. The number of carboxylic acid groups (broad SMARTS) is 4. The monoisotopic (exact) mass is 676 g/mol. The van der Waals surface area contributed by atoms with Gasteiger partial charge in [0.25, 0.3) is 0 Å². The second kappa shape index (κ2) is 20.3. The Bertz CT molecular complexity index is 1380. The number of aliphatic hydroxyl groups is 1. The van der Waals surface area contributed by atoms with Crippen LogP contribution in [0.2, 0.25) is 0 Å². The zero-order valence-corrected chi connectivity index (χ0v) is 27.0. The summed E-state index contributed by atoms with van der Waals surface area (Å²) in [6.45, 7) is -0.243. The lowest BCUT2D eigenvalue weighted by atomic mass is 9.80. The van der Waals surface area contributed by atoms with Gasteiger partial charge in [-0.15, -0.1) is 0 Å². The van der Waals surface area contributed by atoms with Gasteiger partial charge in [-0.05, 0) is 74.4 Å². The van der Waals surface area contributed by atoms with E-state index in [1.54, 1.807) is 30.3 Å². The Balaban J connectivity index is 0.000000511. The topological polar surface area (TPSA) is 229 Å². The molecule has 16 heteroatoms. The van der Waals surface area contributed by atoms with E-state index in [1.807, 2.05) is 19.0 Å². The molecule has 2 aromatic rings. The molecule has 2 rings (SSSR count). The van der Waals surface area contributed by atoms with E-state index >= 15 is 0 Å². The molecule has 1 atom stereocenters. The first-order valence-corrected chi connectivity index (χ1v) is 14.6. The molecule has 0 saturated heterocycles. The lowest BCUT2D eigenvalue weighted by Crippen LogP contribution is -2.43. The van der Waals surface area contributed by atoms with Crippen LogP contribution in [0.25, 0.3) is 0 Å². The third kappa shape index (κ3) is 15.6. The third-order valence-electron chi connectivity index (χ3n) is 6.74.